The van der Waals surface area contributed by atoms with Crippen LogP contribution < -0.4 is 10.6 Å². The number of carbonyl (C=O) groups is 2. The van der Waals surface area contributed by atoms with Crippen LogP contribution in [0.3, 0.4) is 0 Å². The Labute approximate surface area is 191 Å². The fourth-order valence-corrected chi connectivity index (χ4v) is 3.36. The number of anilines is 1. The number of nitrogens with one attached hydrogen (secondary N) is 3. The zero-order valence-corrected chi connectivity index (χ0v) is 18.0. The Morgan fingerprint density at radius 1 is 1.06 bits per heavy atom. The Morgan fingerprint density at radius 2 is 1.74 bits per heavy atom. The van der Waals surface area contributed by atoms with Gasteiger partial charge in [0.05, 0.1) is 11.1 Å². The highest BCUT2D eigenvalue weighted by Gasteiger charge is 2.34. The van der Waals surface area contributed by atoms with Gasteiger partial charge in [-0.3, -0.25) is 14.7 Å². The zero-order chi connectivity index (χ0) is 24.9. The van der Waals surface area contributed by atoms with E-state index in [0.717, 1.165) is 18.2 Å². The maximum Gasteiger partial charge on any atom is 0.417 e. The molecule has 180 valence electrons. The Bertz CT molecular complexity index is 1160. The van der Waals surface area contributed by atoms with Crippen LogP contribution in [-0.2, 0) is 17.4 Å². The highest BCUT2D eigenvalue weighted by atomic mass is 19.4. The molecular formula is C23H21F5N4O2. The van der Waals surface area contributed by atoms with Crippen LogP contribution in [0.4, 0.5) is 27.8 Å². The molecule has 3 aromatic rings. The number of hydrogen-bond acceptors (Lipinski definition) is 3. The molecule has 0 bridgehead atoms. The molecule has 0 radical (unpaired) electrons. The van der Waals surface area contributed by atoms with Gasteiger partial charge in [-0.05, 0) is 42.2 Å². The molecule has 0 saturated heterocycles. The zero-order valence-electron chi connectivity index (χ0n) is 18.0. The summed E-state index contributed by atoms with van der Waals surface area (Å²) >= 11 is 0. The minimum atomic E-state index is -4.68. The summed E-state index contributed by atoms with van der Waals surface area (Å²) in [5.41, 5.74) is -0.499. The Balaban J connectivity index is 1.49. The van der Waals surface area contributed by atoms with Crippen LogP contribution in [0.15, 0.2) is 48.5 Å². The van der Waals surface area contributed by atoms with Crippen molar-refractivity contribution < 1.29 is 31.5 Å². The number of rotatable bonds is 8. The van der Waals surface area contributed by atoms with Gasteiger partial charge in [-0.1, -0.05) is 19.1 Å². The van der Waals surface area contributed by atoms with Crippen LogP contribution in [-0.4, -0.2) is 28.6 Å². The Kier molecular flexibility index (Phi) is 7.64. The molecule has 1 aromatic heterocycles. The molecule has 2 aromatic carbocycles. The number of aromatic amines is 1. The van der Waals surface area contributed by atoms with Gasteiger partial charge in [0.15, 0.2) is 5.82 Å². The van der Waals surface area contributed by atoms with E-state index in [0.29, 0.717) is 17.7 Å². The summed E-state index contributed by atoms with van der Waals surface area (Å²) in [6.45, 7) is 1.60. The van der Waals surface area contributed by atoms with Gasteiger partial charge in [-0.15, -0.1) is 0 Å². The van der Waals surface area contributed by atoms with Crippen LogP contribution in [0, 0.1) is 11.6 Å². The number of nitrogens with zero attached hydrogens (tertiary/aromatic N) is 1. The first kappa shape index (κ1) is 24.9. The van der Waals surface area contributed by atoms with Crippen LogP contribution in [0.5, 0.6) is 0 Å². The molecule has 0 spiro atoms. The second-order valence-electron chi connectivity index (χ2n) is 7.68. The lowest BCUT2D eigenvalue weighted by molar-refractivity contribution is -0.138. The average Bonchev–Trinajstić information content (AvgIpc) is 3.18. The number of alkyl halides is 3. The van der Waals surface area contributed by atoms with Crippen LogP contribution in [0.25, 0.3) is 0 Å². The number of hydrogen-bond donors (Lipinski definition) is 3. The van der Waals surface area contributed by atoms with Gasteiger partial charge < -0.3 is 10.6 Å². The third-order valence-corrected chi connectivity index (χ3v) is 4.99. The number of H-pyrrole nitrogens is 1. The van der Waals surface area contributed by atoms with E-state index in [9.17, 15) is 31.5 Å². The summed E-state index contributed by atoms with van der Waals surface area (Å²) in [5.74, 6) is -2.83. The molecular weight excluding hydrogens is 459 g/mol. The number of amides is 2. The lowest BCUT2D eigenvalue weighted by Gasteiger charge is -2.12. The maximum absolute atomic E-state index is 13.4. The van der Waals surface area contributed by atoms with Crippen molar-refractivity contribution >= 4 is 17.6 Å². The van der Waals surface area contributed by atoms with E-state index in [1.165, 1.54) is 24.3 Å². The van der Waals surface area contributed by atoms with Crippen molar-refractivity contribution in [1.29, 1.82) is 0 Å². The summed E-state index contributed by atoms with van der Waals surface area (Å²) in [4.78, 5) is 24.2. The molecule has 6 nitrogen and oxygen atoms in total. The standard InChI is InChI=1S/C23H21F5N4O2/c1-13(14-9-15(24)11-16(25)10-14)8-17-12-20(32-31-17)30-21(33)6-7-29-22(34)18-4-2-3-5-19(18)23(26,27)28/h2-5,9-13H,6-8H2,1H3,(H,29,34)(H2,30,31,32,33). The first-order chi connectivity index (χ1) is 16.0. The van der Waals surface area contributed by atoms with Crippen LogP contribution in [0.1, 0.15) is 46.4 Å². The van der Waals surface area contributed by atoms with Crippen molar-refractivity contribution in [3.63, 3.8) is 0 Å². The lowest BCUT2D eigenvalue weighted by Crippen LogP contribution is -2.29. The number of benzene rings is 2. The van der Waals surface area contributed by atoms with Gasteiger partial charge >= 0.3 is 6.18 Å². The molecule has 34 heavy (non-hydrogen) atoms. The normalized spacial score (nSPS) is 12.3. The highest BCUT2D eigenvalue weighted by molar-refractivity contribution is 5.96. The minimum Gasteiger partial charge on any atom is -0.352 e. The van der Waals surface area contributed by atoms with Crippen molar-refractivity contribution in [2.24, 2.45) is 0 Å². The number of halogens is 5. The third-order valence-electron chi connectivity index (χ3n) is 4.99. The molecule has 0 aliphatic carbocycles. The van der Waals surface area contributed by atoms with E-state index >= 15 is 0 Å². The fourth-order valence-electron chi connectivity index (χ4n) is 3.36. The van der Waals surface area contributed by atoms with E-state index in [4.69, 9.17) is 0 Å². The molecule has 0 saturated carbocycles. The van der Waals surface area contributed by atoms with E-state index in [2.05, 4.69) is 20.8 Å². The van der Waals surface area contributed by atoms with E-state index in [-0.39, 0.29) is 24.7 Å². The Hall–Kier alpha value is -3.76. The number of aromatic nitrogens is 2. The van der Waals surface area contributed by atoms with Crippen molar-refractivity contribution in [3.05, 3.63) is 82.5 Å². The third kappa shape index (κ3) is 6.63. The predicted octanol–water partition coefficient (Wildman–Crippen LogP) is 4.81. The second kappa shape index (κ2) is 10.4. The maximum atomic E-state index is 13.4. The topological polar surface area (TPSA) is 86.9 Å². The van der Waals surface area contributed by atoms with Crippen LogP contribution in [0.2, 0.25) is 0 Å². The first-order valence-corrected chi connectivity index (χ1v) is 10.3. The molecule has 0 fully saturated rings. The fraction of sp³-hybridized carbons (Fsp3) is 0.261. The molecule has 3 rings (SSSR count). The van der Waals surface area contributed by atoms with Gasteiger partial charge in [0.1, 0.15) is 11.6 Å². The molecule has 1 heterocycles. The minimum absolute atomic E-state index is 0.184. The smallest absolute Gasteiger partial charge is 0.352 e. The lowest BCUT2D eigenvalue weighted by atomic mass is 9.96. The van der Waals surface area contributed by atoms with Crippen molar-refractivity contribution in [2.75, 3.05) is 11.9 Å². The summed E-state index contributed by atoms with van der Waals surface area (Å²) in [6, 6.07) is 9.20. The van der Waals surface area contributed by atoms with Gasteiger partial charge in [0.25, 0.3) is 5.91 Å². The molecule has 1 atom stereocenters. The van der Waals surface area contributed by atoms with E-state index in [1.807, 2.05) is 0 Å². The SMILES string of the molecule is CC(Cc1cc(NC(=O)CCNC(=O)c2ccccc2C(F)(F)F)n[nH]1)c1cc(F)cc(F)c1. The highest BCUT2D eigenvalue weighted by Crippen LogP contribution is 2.31. The van der Waals surface area contributed by atoms with E-state index in [1.54, 1.807) is 13.0 Å². The van der Waals surface area contributed by atoms with Gasteiger partial charge in [0.2, 0.25) is 5.91 Å². The Morgan fingerprint density at radius 3 is 2.41 bits per heavy atom. The van der Waals surface area contributed by atoms with Gasteiger partial charge in [0, 0.05) is 30.8 Å². The summed E-state index contributed by atoms with van der Waals surface area (Å²) < 4.78 is 65.9. The molecule has 0 aliphatic rings. The number of carbonyl (C=O) groups excluding carboxylic acids is 2. The molecule has 0 aliphatic heterocycles. The monoisotopic (exact) mass is 480 g/mol. The molecule has 3 N–H and O–H groups in total. The summed E-state index contributed by atoms with van der Waals surface area (Å²) in [6.07, 6.45) is -4.50. The quantitative estimate of drug-likeness (QED) is 0.405. The second-order valence-corrected chi connectivity index (χ2v) is 7.68. The summed E-state index contributed by atoms with van der Waals surface area (Å²) in [7, 11) is 0. The van der Waals surface area contributed by atoms with Crippen molar-refractivity contribution in [3.8, 4) is 0 Å². The predicted molar refractivity (Wildman–Crippen MR) is 114 cm³/mol. The van der Waals surface area contributed by atoms with Crippen LogP contribution >= 0.6 is 0 Å². The van der Waals surface area contributed by atoms with Gasteiger partial charge in [-0.25, -0.2) is 8.78 Å². The van der Waals surface area contributed by atoms with Crippen molar-refractivity contribution in [2.45, 2.75) is 31.9 Å². The van der Waals surface area contributed by atoms with Gasteiger partial charge in [-0.2, -0.15) is 18.3 Å². The molecule has 11 heteroatoms. The molecule has 1 unspecified atom stereocenters. The van der Waals surface area contributed by atoms with Crippen molar-refractivity contribution in [1.82, 2.24) is 15.5 Å². The summed E-state index contributed by atoms with van der Waals surface area (Å²) in [5, 5.41) is 11.5. The molecule has 2 amide bonds. The first-order valence-electron chi connectivity index (χ1n) is 10.3. The average molecular weight is 480 g/mol. The van der Waals surface area contributed by atoms with E-state index < -0.39 is 40.8 Å². The largest absolute Gasteiger partial charge is 0.417 e.